The second kappa shape index (κ2) is 6.39. The van der Waals surface area contributed by atoms with E-state index in [0.717, 1.165) is 25.2 Å². The molecular weight excluding hydrogens is 232 g/mol. The van der Waals surface area contributed by atoms with Crippen LogP contribution in [0.15, 0.2) is 10.6 Å². The van der Waals surface area contributed by atoms with Gasteiger partial charge in [0.15, 0.2) is 0 Å². The summed E-state index contributed by atoms with van der Waals surface area (Å²) in [6.45, 7) is 4.60. The Morgan fingerprint density at radius 1 is 1.56 bits per heavy atom. The van der Waals surface area contributed by atoms with Gasteiger partial charge in [-0.25, -0.2) is 4.79 Å². The average molecular weight is 252 g/mol. The fraction of sp³-hybridized carbons (Fsp3) is 0.667. The predicted molar refractivity (Wildman–Crippen MR) is 68.5 cm³/mol. The van der Waals surface area contributed by atoms with Crippen molar-refractivity contribution < 1.29 is 9.32 Å². The van der Waals surface area contributed by atoms with Crippen LogP contribution in [0, 0.1) is 5.92 Å². The monoisotopic (exact) mass is 252 g/mol. The van der Waals surface area contributed by atoms with Crippen molar-refractivity contribution in [1.82, 2.24) is 15.8 Å². The van der Waals surface area contributed by atoms with Gasteiger partial charge in [-0.3, -0.25) is 5.32 Å². The van der Waals surface area contributed by atoms with E-state index in [2.05, 4.69) is 21.1 Å². The first-order chi connectivity index (χ1) is 8.78. The van der Waals surface area contributed by atoms with Crippen molar-refractivity contribution in [2.75, 3.05) is 25.0 Å². The lowest BCUT2D eigenvalue weighted by molar-refractivity contribution is 0.251. The lowest BCUT2D eigenvalue weighted by atomic mass is 9.93. The van der Waals surface area contributed by atoms with Crippen molar-refractivity contribution in [3.8, 4) is 0 Å². The molecule has 1 fully saturated rings. The SMILES string of the molecule is CCNC(=O)Nc1cc(CC2CCNCC2)no1. The summed E-state index contributed by atoms with van der Waals surface area (Å²) in [5, 5.41) is 12.6. The topological polar surface area (TPSA) is 79.2 Å². The van der Waals surface area contributed by atoms with Gasteiger partial charge in [0.05, 0.1) is 5.69 Å². The van der Waals surface area contributed by atoms with Crippen LogP contribution in [0.3, 0.4) is 0 Å². The van der Waals surface area contributed by atoms with Crippen LogP contribution in [0.5, 0.6) is 0 Å². The molecular formula is C12H20N4O2. The number of rotatable bonds is 4. The first kappa shape index (κ1) is 12.9. The van der Waals surface area contributed by atoms with Gasteiger partial charge in [-0.05, 0) is 45.2 Å². The smallest absolute Gasteiger partial charge is 0.321 e. The predicted octanol–water partition coefficient (Wildman–Crippen LogP) is 1.36. The van der Waals surface area contributed by atoms with E-state index in [4.69, 9.17) is 4.52 Å². The molecule has 6 nitrogen and oxygen atoms in total. The first-order valence-electron chi connectivity index (χ1n) is 6.49. The Balaban J connectivity index is 1.83. The maximum Gasteiger partial charge on any atom is 0.321 e. The molecule has 1 aliphatic rings. The highest BCUT2D eigenvalue weighted by Crippen LogP contribution is 2.19. The van der Waals surface area contributed by atoms with Crippen LogP contribution >= 0.6 is 0 Å². The molecule has 2 heterocycles. The van der Waals surface area contributed by atoms with Gasteiger partial charge in [-0.1, -0.05) is 5.16 Å². The lowest BCUT2D eigenvalue weighted by Gasteiger charge is -2.21. The molecule has 0 spiro atoms. The van der Waals surface area contributed by atoms with E-state index in [9.17, 15) is 4.79 Å². The Morgan fingerprint density at radius 2 is 2.33 bits per heavy atom. The van der Waals surface area contributed by atoms with E-state index < -0.39 is 0 Å². The Bertz CT molecular complexity index is 385. The lowest BCUT2D eigenvalue weighted by Crippen LogP contribution is -2.28. The molecule has 6 heteroatoms. The molecule has 100 valence electrons. The molecule has 0 saturated carbocycles. The molecule has 0 radical (unpaired) electrons. The number of carbonyl (C=O) groups is 1. The third-order valence-electron chi connectivity index (χ3n) is 3.09. The summed E-state index contributed by atoms with van der Waals surface area (Å²) in [4.78, 5) is 11.3. The molecule has 3 N–H and O–H groups in total. The summed E-state index contributed by atoms with van der Waals surface area (Å²) in [5.41, 5.74) is 0.911. The molecule has 1 aliphatic heterocycles. The highest BCUT2D eigenvalue weighted by molar-refractivity contribution is 5.87. The minimum atomic E-state index is -0.262. The number of carbonyl (C=O) groups excluding carboxylic acids is 1. The Labute approximate surface area is 106 Å². The zero-order valence-electron chi connectivity index (χ0n) is 10.7. The molecule has 0 aliphatic carbocycles. The minimum Gasteiger partial charge on any atom is -0.338 e. The summed E-state index contributed by atoms with van der Waals surface area (Å²) >= 11 is 0. The van der Waals surface area contributed by atoms with Crippen LogP contribution in [0.25, 0.3) is 0 Å². The van der Waals surface area contributed by atoms with E-state index >= 15 is 0 Å². The van der Waals surface area contributed by atoms with Gasteiger partial charge in [-0.15, -0.1) is 0 Å². The number of hydrogen-bond donors (Lipinski definition) is 3. The molecule has 18 heavy (non-hydrogen) atoms. The summed E-state index contributed by atoms with van der Waals surface area (Å²) < 4.78 is 5.09. The number of nitrogens with zero attached hydrogens (tertiary/aromatic N) is 1. The summed E-state index contributed by atoms with van der Waals surface area (Å²) in [6, 6.07) is 1.54. The van der Waals surface area contributed by atoms with Crippen molar-refractivity contribution in [3.05, 3.63) is 11.8 Å². The molecule has 0 aromatic carbocycles. The van der Waals surface area contributed by atoms with Gasteiger partial charge in [-0.2, -0.15) is 0 Å². The van der Waals surface area contributed by atoms with Crippen molar-refractivity contribution in [2.24, 2.45) is 5.92 Å². The van der Waals surface area contributed by atoms with Crippen LogP contribution in [-0.4, -0.2) is 30.8 Å². The fourth-order valence-corrected chi connectivity index (χ4v) is 2.17. The Kier molecular flexibility index (Phi) is 4.58. The Hall–Kier alpha value is -1.56. The summed E-state index contributed by atoms with van der Waals surface area (Å²) in [7, 11) is 0. The van der Waals surface area contributed by atoms with Crippen molar-refractivity contribution >= 4 is 11.9 Å². The maximum absolute atomic E-state index is 11.3. The number of urea groups is 1. The fourth-order valence-electron chi connectivity index (χ4n) is 2.17. The second-order valence-corrected chi connectivity index (χ2v) is 4.56. The van der Waals surface area contributed by atoms with Crippen LogP contribution in [-0.2, 0) is 6.42 Å². The summed E-state index contributed by atoms with van der Waals surface area (Å²) in [6.07, 6.45) is 3.26. The maximum atomic E-state index is 11.3. The molecule has 2 amide bonds. The van der Waals surface area contributed by atoms with Gasteiger partial charge >= 0.3 is 6.03 Å². The van der Waals surface area contributed by atoms with Crippen molar-refractivity contribution in [2.45, 2.75) is 26.2 Å². The number of nitrogens with one attached hydrogen (secondary N) is 3. The van der Waals surface area contributed by atoms with E-state index in [-0.39, 0.29) is 6.03 Å². The Morgan fingerprint density at radius 3 is 3.06 bits per heavy atom. The van der Waals surface area contributed by atoms with Gasteiger partial charge < -0.3 is 15.2 Å². The molecule has 1 aromatic rings. The quantitative estimate of drug-likeness (QED) is 0.756. The molecule has 0 atom stereocenters. The van der Waals surface area contributed by atoms with Crippen LogP contribution in [0.1, 0.15) is 25.5 Å². The third kappa shape index (κ3) is 3.73. The number of piperidine rings is 1. The zero-order valence-corrected chi connectivity index (χ0v) is 10.7. The number of aromatic nitrogens is 1. The number of hydrogen-bond acceptors (Lipinski definition) is 4. The van der Waals surface area contributed by atoms with Gasteiger partial charge in [0.25, 0.3) is 0 Å². The molecule has 0 bridgehead atoms. The van der Waals surface area contributed by atoms with E-state index in [0.29, 0.717) is 18.3 Å². The van der Waals surface area contributed by atoms with Crippen LogP contribution in [0.2, 0.25) is 0 Å². The second-order valence-electron chi connectivity index (χ2n) is 4.56. The normalized spacial score (nSPS) is 16.5. The molecule has 1 aromatic heterocycles. The molecule has 2 rings (SSSR count). The van der Waals surface area contributed by atoms with Gasteiger partial charge in [0.1, 0.15) is 0 Å². The standard InChI is InChI=1S/C12H20N4O2/c1-2-14-12(17)15-11-8-10(16-18-11)7-9-3-5-13-6-4-9/h8-9,13H,2-7H2,1H3,(H2,14,15,17). The highest BCUT2D eigenvalue weighted by Gasteiger charge is 2.16. The largest absolute Gasteiger partial charge is 0.338 e. The van der Waals surface area contributed by atoms with Crippen LogP contribution < -0.4 is 16.0 Å². The third-order valence-corrected chi connectivity index (χ3v) is 3.09. The van der Waals surface area contributed by atoms with Crippen molar-refractivity contribution in [3.63, 3.8) is 0 Å². The van der Waals surface area contributed by atoms with Crippen molar-refractivity contribution in [1.29, 1.82) is 0 Å². The minimum absolute atomic E-state index is 0.262. The van der Waals surface area contributed by atoms with Gasteiger partial charge in [0.2, 0.25) is 5.88 Å². The van der Waals surface area contributed by atoms with E-state index in [1.807, 2.05) is 6.92 Å². The molecule has 0 unspecified atom stereocenters. The number of anilines is 1. The van der Waals surface area contributed by atoms with E-state index in [1.165, 1.54) is 12.8 Å². The van der Waals surface area contributed by atoms with E-state index in [1.54, 1.807) is 6.07 Å². The zero-order chi connectivity index (χ0) is 12.8. The van der Waals surface area contributed by atoms with Crippen LogP contribution in [0.4, 0.5) is 10.7 Å². The molecule has 1 saturated heterocycles. The number of amides is 2. The highest BCUT2D eigenvalue weighted by atomic mass is 16.5. The average Bonchev–Trinajstić information content (AvgIpc) is 2.78. The first-order valence-corrected chi connectivity index (χ1v) is 6.49. The summed E-state index contributed by atoms with van der Waals surface area (Å²) in [5.74, 6) is 1.07. The van der Waals surface area contributed by atoms with Gasteiger partial charge in [0, 0.05) is 12.6 Å².